The Bertz CT molecular complexity index is 23.8. The number of hydrogen-bond donors (Lipinski definition) is 1. The van der Waals surface area contributed by atoms with Crippen molar-refractivity contribution in [3.63, 3.8) is 0 Å². The largest absolute Gasteiger partial charge is 0.330 e. The Morgan fingerprint density at radius 3 is 1.25 bits per heavy atom. The van der Waals surface area contributed by atoms with Crippen molar-refractivity contribution in [2.45, 2.75) is 54.4 Å². The van der Waals surface area contributed by atoms with Crippen LogP contribution in [0.4, 0.5) is 0 Å². The van der Waals surface area contributed by atoms with Crippen molar-refractivity contribution >= 4 is 11.6 Å². The molecule has 0 aliphatic carbocycles. The van der Waals surface area contributed by atoms with Gasteiger partial charge < -0.3 is 5.73 Å². The smallest absolute Gasteiger partial charge is 0.0195 e. The highest BCUT2D eigenvalue weighted by atomic mass is 35.5. The molecule has 2 N–H and O–H groups in total. The minimum absolute atomic E-state index is 0.722. The van der Waals surface area contributed by atoms with Crippen molar-refractivity contribution < 1.29 is 0 Å². The predicted molar refractivity (Wildman–Crippen MR) is 63.1 cm³/mol. The first-order valence-corrected chi connectivity index (χ1v) is 5.62. The molecule has 2 heteroatoms. The van der Waals surface area contributed by atoms with E-state index in [0.717, 1.165) is 12.4 Å². The Morgan fingerprint density at radius 2 is 1.25 bits per heavy atom. The van der Waals surface area contributed by atoms with Crippen LogP contribution in [-0.2, 0) is 0 Å². The molecule has 0 unspecified atom stereocenters. The van der Waals surface area contributed by atoms with Gasteiger partial charge in [0.15, 0.2) is 0 Å². The van der Waals surface area contributed by atoms with Gasteiger partial charge in [0.1, 0.15) is 0 Å². The first-order valence-electron chi connectivity index (χ1n) is 5.09. The van der Waals surface area contributed by atoms with Crippen LogP contribution in [0, 0.1) is 0 Å². The minimum Gasteiger partial charge on any atom is -0.330 e. The molecule has 0 rings (SSSR count). The summed E-state index contributed by atoms with van der Waals surface area (Å²) in [6, 6.07) is 0. The predicted octanol–water partition coefficient (Wildman–Crippen LogP) is 4.04. The van der Waals surface area contributed by atoms with E-state index in [4.69, 9.17) is 17.3 Å². The zero-order valence-electron chi connectivity index (χ0n) is 9.78. The summed E-state index contributed by atoms with van der Waals surface area (Å²) in [5, 5.41) is 0. The van der Waals surface area contributed by atoms with E-state index in [2.05, 4.69) is 6.92 Å². The van der Waals surface area contributed by atoms with E-state index in [9.17, 15) is 0 Å². The van der Waals surface area contributed by atoms with E-state index in [1.165, 1.54) is 12.8 Å². The molecule has 12 heavy (non-hydrogen) atoms. The molecule has 0 amide bonds. The molecule has 0 aromatic carbocycles. The van der Waals surface area contributed by atoms with Crippen LogP contribution in [0.5, 0.6) is 0 Å². The lowest BCUT2D eigenvalue weighted by Crippen LogP contribution is -1.95. The number of rotatable bonds is 2. The maximum atomic E-state index is 5.14. The summed E-state index contributed by atoms with van der Waals surface area (Å²) in [4.78, 5) is 0. The Morgan fingerprint density at radius 1 is 1.00 bits per heavy atom. The molecule has 0 spiro atoms. The highest BCUT2D eigenvalue weighted by Gasteiger charge is 1.67. The van der Waals surface area contributed by atoms with Crippen LogP contribution in [-0.4, -0.2) is 12.4 Å². The van der Waals surface area contributed by atoms with E-state index in [1.54, 1.807) is 0 Å². The van der Waals surface area contributed by atoms with Gasteiger partial charge in [0.05, 0.1) is 0 Å². The maximum absolute atomic E-state index is 5.14. The summed E-state index contributed by atoms with van der Waals surface area (Å²) in [7, 11) is 0. The highest BCUT2D eigenvalue weighted by Crippen LogP contribution is 1.77. The van der Waals surface area contributed by atoms with Crippen molar-refractivity contribution in [3.8, 4) is 0 Å². The van der Waals surface area contributed by atoms with E-state index >= 15 is 0 Å². The van der Waals surface area contributed by atoms with Crippen LogP contribution in [0.25, 0.3) is 0 Å². The lowest BCUT2D eigenvalue weighted by molar-refractivity contribution is 0.807. The van der Waals surface area contributed by atoms with Gasteiger partial charge in [-0.25, -0.2) is 0 Å². The van der Waals surface area contributed by atoms with Gasteiger partial charge in [0.2, 0.25) is 0 Å². The normalized spacial score (nSPS) is 6.00. The van der Waals surface area contributed by atoms with Gasteiger partial charge >= 0.3 is 0 Å². The fourth-order valence-corrected chi connectivity index (χ4v) is 0.204. The fourth-order valence-electron chi connectivity index (χ4n) is 0.204. The standard InChI is InChI=1S/C4H11N.C2H5Cl.2C2H6/c1-2-3-4-5;1-2-3;2*1-2/h2-5H2,1H3;2H2,1H3;2*1-2H3. The third-order valence-electron chi connectivity index (χ3n) is 0.558. The topological polar surface area (TPSA) is 26.0 Å². The lowest BCUT2D eigenvalue weighted by atomic mass is 10.3. The van der Waals surface area contributed by atoms with E-state index in [1.807, 2.05) is 34.6 Å². The molecular weight excluding hydrogens is 170 g/mol. The van der Waals surface area contributed by atoms with Gasteiger partial charge in [-0.3, -0.25) is 0 Å². The molecule has 0 saturated carbocycles. The van der Waals surface area contributed by atoms with Crippen LogP contribution < -0.4 is 5.73 Å². The summed E-state index contributed by atoms with van der Waals surface area (Å²) in [6.45, 7) is 12.9. The summed E-state index contributed by atoms with van der Waals surface area (Å²) < 4.78 is 0. The van der Waals surface area contributed by atoms with Crippen LogP contribution in [0.2, 0.25) is 0 Å². The van der Waals surface area contributed by atoms with Gasteiger partial charge in [0, 0.05) is 5.88 Å². The number of halogens is 1. The molecule has 0 aromatic rings. The molecule has 0 saturated heterocycles. The Hall–Kier alpha value is 0.250. The molecule has 0 aliphatic heterocycles. The van der Waals surface area contributed by atoms with Crippen LogP contribution in [0.15, 0.2) is 0 Å². The molecule has 1 nitrogen and oxygen atoms in total. The lowest BCUT2D eigenvalue weighted by Gasteiger charge is -1.80. The monoisotopic (exact) mass is 197 g/mol. The van der Waals surface area contributed by atoms with E-state index < -0.39 is 0 Å². The summed E-state index contributed by atoms with van der Waals surface area (Å²) >= 11 is 5.00. The van der Waals surface area contributed by atoms with Crippen molar-refractivity contribution in [2.24, 2.45) is 5.73 Å². The summed E-state index contributed by atoms with van der Waals surface area (Å²) in [6.07, 6.45) is 2.39. The fraction of sp³-hybridized carbons (Fsp3) is 1.00. The minimum atomic E-state index is 0.722. The van der Waals surface area contributed by atoms with E-state index in [0.29, 0.717) is 0 Å². The Labute approximate surface area is 84.7 Å². The van der Waals surface area contributed by atoms with Crippen molar-refractivity contribution in [1.82, 2.24) is 0 Å². The molecule has 0 fully saturated rings. The maximum Gasteiger partial charge on any atom is 0.0195 e. The molecule has 0 aromatic heterocycles. The third-order valence-corrected chi connectivity index (χ3v) is 0.558. The first kappa shape index (κ1) is 22.8. The Kier molecular flexibility index (Phi) is 124. The average molecular weight is 198 g/mol. The molecule has 0 radical (unpaired) electrons. The van der Waals surface area contributed by atoms with Gasteiger partial charge in [-0.05, 0) is 13.0 Å². The molecule has 0 bridgehead atoms. The molecule has 0 atom stereocenters. The van der Waals surface area contributed by atoms with Gasteiger partial charge in [-0.1, -0.05) is 48.0 Å². The van der Waals surface area contributed by atoms with Crippen molar-refractivity contribution in [3.05, 3.63) is 0 Å². The van der Waals surface area contributed by atoms with Gasteiger partial charge in [0.25, 0.3) is 0 Å². The van der Waals surface area contributed by atoms with Crippen LogP contribution in [0.1, 0.15) is 54.4 Å². The Balaban J connectivity index is -0.0000000397. The zero-order chi connectivity index (χ0) is 10.8. The molecule has 0 aliphatic rings. The second kappa shape index (κ2) is 65.4. The van der Waals surface area contributed by atoms with E-state index in [-0.39, 0.29) is 0 Å². The second-order valence-electron chi connectivity index (χ2n) is 1.41. The number of nitrogens with two attached hydrogens (primary N) is 1. The third kappa shape index (κ3) is 173. The SMILES string of the molecule is CC.CC.CCCCN.CCCl. The molecular formula is C10H28ClN. The number of hydrogen-bond acceptors (Lipinski definition) is 1. The second-order valence-corrected chi connectivity index (χ2v) is 1.94. The first-order chi connectivity index (χ1) is 5.83. The van der Waals surface area contributed by atoms with Crippen molar-refractivity contribution in [1.29, 1.82) is 0 Å². The average Bonchev–Trinajstić information content (AvgIpc) is 2.14. The number of unbranched alkanes of at least 4 members (excludes halogenated alkanes) is 1. The van der Waals surface area contributed by atoms with Gasteiger partial charge in [-0.2, -0.15) is 0 Å². The summed E-state index contributed by atoms with van der Waals surface area (Å²) in [5.41, 5.74) is 5.14. The molecule has 0 heterocycles. The summed E-state index contributed by atoms with van der Waals surface area (Å²) in [5.74, 6) is 0.722. The quantitative estimate of drug-likeness (QED) is 0.665. The number of alkyl halides is 1. The van der Waals surface area contributed by atoms with Crippen molar-refractivity contribution in [2.75, 3.05) is 12.4 Å². The highest BCUT2D eigenvalue weighted by molar-refractivity contribution is 6.17. The molecule has 80 valence electrons. The van der Waals surface area contributed by atoms with Crippen LogP contribution in [0.3, 0.4) is 0 Å². The zero-order valence-corrected chi connectivity index (χ0v) is 10.5. The van der Waals surface area contributed by atoms with Gasteiger partial charge in [-0.15, -0.1) is 11.6 Å². The van der Waals surface area contributed by atoms with Crippen LogP contribution >= 0.6 is 11.6 Å².